The molecule has 0 aliphatic carbocycles. The van der Waals surface area contributed by atoms with Crippen molar-refractivity contribution in [2.75, 3.05) is 20.3 Å². The van der Waals surface area contributed by atoms with Crippen LogP contribution in [-0.2, 0) is 0 Å². The minimum Gasteiger partial charge on any atom is -0.493 e. The molecule has 1 N–H and O–H groups in total. The van der Waals surface area contributed by atoms with E-state index in [2.05, 4.69) is 22.2 Å². The lowest BCUT2D eigenvalue weighted by atomic mass is 10.2. The maximum Gasteiger partial charge on any atom is 0.216 e. The Morgan fingerprint density at radius 1 is 1.03 bits per heavy atom. The van der Waals surface area contributed by atoms with Gasteiger partial charge in [0.15, 0.2) is 17.3 Å². The molecule has 0 fully saturated rings. The first kappa shape index (κ1) is 23.5. The Balaban J connectivity index is 1.80. The molecule has 0 amide bonds. The first-order valence-electron chi connectivity index (χ1n) is 10.9. The monoisotopic (exact) mass is 454 g/mol. The number of benzene rings is 2. The molecule has 0 saturated carbocycles. The summed E-state index contributed by atoms with van der Waals surface area (Å²) in [5, 5.41) is 11.7. The zero-order chi connectivity index (χ0) is 22.8. The second-order valence-corrected chi connectivity index (χ2v) is 7.54. The summed E-state index contributed by atoms with van der Waals surface area (Å²) in [5.41, 5.74) is 1.66. The Hall–Kier alpha value is -3.13. The highest BCUT2D eigenvalue weighted by Gasteiger charge is 2.13. The summed E-state index contributed by atoms with van der Waals surface area (Å²) in [6, 6.07) is 13.4. The number of nitrogens with zero attached hydrogens (tertiary/aromatic N) is 3. The predicted molar refractivity (Wildman–Crippen MR) is 130 cm³/mol. The van der Waals surface area contributed by atoms with Gasteiger partial charge in [-0.1, -0.05) is 38.3 Å². The quantitative estimate of drug-likeness (QED) is 0.211. The van der Waals surface area contributed by atoms with E-state index in [0.29, 0.717) is 29.6 Å². The minimum absolute atomic E-state index is 0.390. The van der Waals surface area contributed by atoms with E-state index in [9.17, 15) is 0 Å². The van der Waals surface area contributed by atoms with Crippen LogP contribution in [0.5, 0.6) is 17.2 Å². The van der Waals surface area contributed by atoms with E-state index in [4.69, 9.17) is 26.4 Å². The summed E-state index contributed by atoms with van der Waals surface area (Å²) < 4.78 is 19.1. The molecule has 0 aliphatic heterocycles. The number of unbranched alkanes of at least 4 members (excludes halogenated alkanes) is 3. The lowest BCUT2D eigenvalue weighted by Gasteiger charge is -2.11. The summed E-state index contributed by atoms with van der Waals surface area (Å²) in [6.07, 6.45) is 6.35. The van der Waals surface area contributed by atoms with E-state index < -0.39 is 0 Å². The number of hydrogen-bond donors (Lipinski definition) is 1. The van der Waals surface area contributed by atoms with Crippen molar-refractivity contribution in [1.82, 2.24) is 14.9 Å². The van der Waals surface area contributed by atoms with Gasteiger partial charge in [0.2, 0.25) is 4.77 Å². The molecule has 0 radical (unpaired) electrons. The number of methoxy groups -OCH3 is 1. The third kappa shape index (κ3) is 5.97. The molecule has 3 rings (SSSR count). The Morgan fingerprint density at radius 3 is 2.66 bits per heavy atom. The van der Waals surface area contributed by atoms with Crippen LogP contribution in [0.4, 0.5) is 0 Å². The highest BCUT2D eigenvalue weighted by atomic mass is 32.1. The molecular formula is C24H30N4O3S. The molecule has 0 aliphatic rings. The second kappa shape index (κ2) is 12.0. The van der Waals surface area contributed by atoms with Crippen LogP contribution >= 0.6 is 12.2 Å². The minimum atomic E-state index is 0.390. The zero-order valence-corrected chi connectivity index (χ0v) is 19.7. The number of aromatic amines is 1. The molecule has 3 aromatic rings. The van der Waals surface area contributed by atoms with Crippen LogP contribution in [0.1, 0.15) is 45.1 Å². The topological polar surface area (TPSA) is 73.7 Å². The number of ether oxygens (including phenoxy) is 3. The normalized spacial score (nSPS) is 11.1. The predicted octanol–water partition coefficient (Wildman–Crippen LogP) is 5.86. The van der Waals surface area contributed by atoms with Gasteiger partial charge in [0.1, 0.15) is 5.75 Å². The molecule has 1 heterocycles. The third-order valence-corrected chi connectivity index (χ3v) is 5.11. The van der Waals surface area contributed by atoms with Gasteiger partial charge in [0, 0.05) is 0 Å². The fourth-order valence-corrected chi connectivity index (χ4v) is 3.40. The third-order valence-electron chi connectivity index (χ3n) is 4.84. The summed E-state index contributed by atoms with van der Waals surface area (Å²) in [7, 11) is 1.63. The molecule has 1 aromatic heterocycles. The Kier molecular flexibility index (Phi) is 8.86. The van der Waals surface area contributed by atoms with Crippen molar-refractivity contribution in [3.05, 3.63) is 52.8 Å². The molecule has 0 bridgehead atoms. The first-order valence-corrected chi connectivity index (χ1v) is 11.3. The Labute approximate surface area is 194 Å². The summed E-state index contributed by atoms with van der Waals surface area (Å²) in [5.74, 6) is 2.70. The standard InChI is InChI=1S/C24H30N4O3S/c1-4-6-7-10-15-31-21-14-13-18(16-22(21)29-3)17-25-28-23(26-27-24(28)32)19-11-8-9-12-20(19)30-5-2/h8-9,11-14,16-17H,4-7,10,15H2,1-3H3,(H,27,32)/b25-17-. The van der Waals surface area contributed by atoms with Crippen LogP contribution in [0.15, 0.2) is 47.6 Å². The van der Waals surface area contributed by atoms with Crippen LogP contribution in [0, 0.1) is 4.77 Å². The fraction of sp³-hybridized carbons (Fsp3) is 0.375. The van der Waals surface area contributed by atoms with Gasteiger partial charge < -0.3 is 14.2 Å². The fourth-order valence-electron chi connectivity index (χ4n) is 3.22. The van der Waals surface area contributed by atoms with Crippen LogP contribution < -0.4 is 14.2 Å². The molecule has 0 spiro atoms. The van der Waals surface area contributed by atoms with Crippen LogP contribution in [0.25, 0.3) is 11.4 Å². The van der Waals surface area contributed by atoms with E-state index in [1.165, 1.54) is 19.3 Å². The van der Waals surface area contributed by atoms with E-state index in [0.717, 1.165) is 29.0 Å². The highest BCUT2D eigenvalue weighted by Crippen LogP contribution is 2.29. The van der Waals surface area contributed by atoms with Crippen LogP contribution in [0.3, 0.4) is 0 Å². The van der Waals surface area contributed by atoms with Gasteiger partial charge in [0.05, 0.1) is 32.1 Å². The van der Waals surface area contributed by atoms with E-state index in [-0.39, 0.29) is 0 Å². The molecule has 32 heavy (non-hydrogen) atoms. The average molecular weight is 455 g/mol. The number of aromatic nitrogens is 3. The number of para-hydroxylation sites is 1. The molecule has 170 valence electrons. The van der Waals surface area contributed by atoms with Gasteiger partial charge in [-0.15, -0.1) is 0 Å². The molecule has 0 unspecified atom stereocenters. The molecule has 0 saturated heterocycles. The number of nitrogens with one attached hydrogen (secondary N) is 1. The van der Waals surface area contributed by atoms with Gasteiger partial charge in [-0.05, 0) is 61.5 Å². The number of hydrogen-bond acceptors (Lipinski definition) is 6. The van der Waals surface area contributed by atoms with Crippen molar-refractivity contribution in [2.24, 2.45) is 5.10 Å². The average Bonchev–Trinajstić information content (AvgIpc) is 3.18. The summed E-state index contributed by atoms with van der Waals surface area (Å²) in [4.78, 5) is 0. The molecule has 7 nitrogen and oxygen atoms in total. The van der Waals surface area contributed by atoms with E-state index >= 15 is 0 Å². The number of rotatable bonds is 12. The lowest BCUT2D eigenvalue weighted by molar-refractivity contribution is 0.285. The summed E-state index contributed by atoms with van der Waals surface area (Å²) in [6.45, 7) is 5.37. The van der Waals surface area contributed by atoms with Crippen LogP contribution in [0.2, 0.25) is 0 Å². The Morgan fingerprint density at radius 2 is 1.88 bits per heavy atom. The van der Waals surface area contributed by atoms with Crippen molar-refractivity contribution in [2.45, 2.75) is 39.5 Å². The van der Waals surface area contributed by atoms with Crippen molar-refractivity contribution in [3.8, 4) is 28.6 Å². The van der Waals surface area contributed by atoms with Crippen molar-refractivity contribution in [3.63, 3.8) is 0 Å². The smallest absolute Gasteiger partial charge is 0.216 e. The molecular weight excluding hydrogens is 424 g/mol. The highest BCUT2D eigenvalue weighted by molar-refractivity contribution is 7.71. The zero-order valence-electron chi connectivity index (χ0n) is 18.8. The van der Waals surface area contributed by atoms with Gasteiger partial charge in [0.25, 0.3) is 0 Å². The largest absolute Gasteiger partial charge is 0.493 e. The van der Waals surface area contributed by atoms with E-state index in [1.54, 1.807) is 18.0 Å². The van der Waals surface area contributed by atoms with Gasteiger partial charge in [-0.2, -0.15) is 14.9 Å². The van der Waals surface area contributed by atoms with Crippen molar-refractivity contribution < 1.29 is 14.2 Å². The Bertz CT molecular complexity index is 1090. The van der Waals surface area contributed by atoms with Gasteiger partial charge in [-0.3, -0.25) is 0 Å². The second-order valence-electron chi connectivity index (χ2n) is 7.16. The molecule has 2 aromatic carbocycles. The van der Waals surface area contributed by atoms with Crippen molar-refractivity contribution >= 4 is 18.4 Å². The maximum absolute atomic E-state index is 5.89. The first-order chi connectivity index (χ1) is 15.7. The SMILES string of the molecule is CCCCCCOc1ccc(/C=N\n2c(-c3ccccc3OCC)n[nH]c2=S)cc1OC. The number of H-pyrrole nitrogens is 1. The van der Waals surface area contributed by atoms with Crippen LogP contribution in [-0.4, -0.2) is 41.4 Å². The van der Waals surface area contributed by atoms with Gasteiger partial charge >= 0.3 is 0 Å². The molecule has 8 heteroatoms. The lowest BCUT2D eigenvalue weighted by Crippen LogP contribution is -2.01. The summed E-state index contributed by atoms with van der Waals surface area (Å²) >= 11 is 5.39. The van der Waals surface area contributed by atoms with Crippen molar-refractivity contribution in [1.29, 1.82) is 0 Å². The van der Waals surface area contributed by atoms with Gasteiger partial charge in [-0.25, -0.2) is 5.10 Å². The maximum atomic E-state index is 5.89. The van der Waals surface area contributed by atoms with E-state index in [1.807, 2.05) is 49.4 Å². The molecule has 0 atom stereocenters.